The van der Waals surface area contributed by atoms with Crippen molar-refractivity contribution in [2.75, 3.05) is 13.7 Å². The summed E-state index contributed by atoms with van der Waals surface area (Å²) in [6, 6.07) is 3.60. The molecular weight excluding hydrogens is 296 g/mol. The highest BCUT2D eigenvalue weighted by Gasteiger charge is 2.42. The van der Waals surface area contributed by atoms with Gasteiger partial charge < -0.3 is 9.47 Å². The van der Waals surface area contributed by atoms with Crippen LogP contribution in [-0.2, 0) is 19.1 Å². The van der Waals surface area contributed by atoms with Crippen molar-refractivity contribution >= 4 is 17.7 Å². The summed E-state index contributed by atoms with van der Waals surface area (Å²) in [5.41, 5.74) is 2.28. The van der Waals surface area contributed by atoms with E-state index in [2.05, 4.69) is 9.98 Å². The third kappa shape index (κ3) is 3.31. The SMILES string of the molecule is CCOC(=O)C1=C(C)N=C(C)C(C(=O)OC)C1c1cccnc1. The molecule has 0 N–H and O–H groups in total. The number of aliphatic imine (C=N–C) groups is 1. The van der Waals surface area contributed by atoms with E-state index in [-0.39, 0.29) is 6.61 Å². The second-order valence-corrected chi connectivity index (χ2v) is 5.24. The number of aromatic nitrogens is 1. The number of methoxy groups -OCH3 is 1. The van der Waals surface area contributed by atoms with E-state index in [0.29, 0.717) is 17.0 Å². The Hall–Kier alpha value is -2.50. The summed E-state index contributed by atoms with van der Waals surface area (Å²) in [5.74, 6) is -2.10. The third-order valence-corrected chi connectivity index (χ3v) is 3.82. The van der Waals surface area contributed by atoms with Gasteiger partial charge in [-0.2, -0.15) is 0 Å². The minimum atomic E-state index is -0.674. The lowest BCUT2D eigenvalue weighted by molar-refractivity contribution is -0.144. The van der Waals surface area contributed by atoms with Crippen LogP contribution in [0, 0.1) is 5.92 Å². The second-order valence-electron chi connectivity index (χ2n) is 5.24. The first-order valence-electron chi connectivity index (χ1n) is 7.42. The van der Waals surface area contributed by atoms with Gasteiger partial charge in [-0.15, -0.1) is 0 Å². The maximum atomic E-state index is 12.4. The largest absolute Gasteiger partial charge is 0.468 e. The summed E-state index contributed by atoms with van der Waals surface area (Å²) in [7, 11) is 1.32. The molecule has 6 nitrogen and oxygen atoms in total. The van der Waals surface area contributed by atoms with E-state index in [1.807, 2.05) is 6.07 Å². The summed E-state index contributed by atoms with van der Waals surface area (Å²) in [6.45, 7) is 5.49. The van der Waals surface area contributed by atoms with Crippen molar-refractivity contribution < 1.29 is 19.1 Å². The Morgan fingerprint density at radius 3 is 2.61 bits per heavy atom. The number of hydrogen-bond acceptors (Lipinski definition) is 6. The van der Waals surface area contributed by atoms with Gasteiger partial charge in [-0.1, -0.05) is 6.07 Å². The molecule has 0 saturated heterocycles. The van der Waals surface area contributed by atoms with Crippen LogP contribution in [0.4, 0.5) is 0 Å². The molecule has 6 heteroatoms. The number of esters is 2. The van der Waals surface area contributed by atoms with Crippen LogP contribution in [0.5, 0.6) is 0 Å². The number of ether oxygens (including phenoxy) is 2. The van der Waals surface area contributed by atoms with Crippen LogP contribution < -0.4 is 0 Å². The molecule has 2 rings (SSSR count). The Balaban J connectivity index is 2.61. The van der Waals surface area contributed by atoms with E-state index in [9.17, 15) is 9.59 Å². The van der Waals surface area contributed by atoms with Crippen molar-refractivity contribution in [3.8, 4) is 0 Å². The number of pyridine rings is 1. The Labute approximate surface area is 135 Å². The van der Waals surface area contributed by atoms with Gasteiger partial charge >= 0.3 is 11.9 Å². The van der Waals surface area contributed by atoms with E-state index in [4.69, 9.17) is 9.47 Å². The number of rotatable bonds is 4. The zero-order valence-electron chi connectivity index (χ0n) is 13.7. The number of nitrogens with zero attached hydrogens (tertiary/aromatic N) is 2. The van der Waals surface area contributed by atoms with E-state index >= 15 is 0 Å². The first-order chi connectivity index (χ1) is 11.0. The maximum absolute atomic E-state index is 12.4. The van der Waals surface area contributed by atoms with Crippen molar-refractivity contribution in [2.24, 2.45) is 10.9 Å². The third-order valence-electron chi connectivity index (χ3n) is 3.82. The Morgan fingerprint density at radius 1 is 1.30 bits per heavy atom. The van der Waals surface area contributed by atoms with Crippen molar-refractivity contribution in [3.05, 3.63) is 41.4 Å². The summed E-state index contributed by atoms with van der Waals surface area (Å²) >= 11 is 0. The number of carbonyl (C=O) groups is 2. The van der Waals surface area contributed by atoms with Gasteiger partial charge in [0.15, 0.2) is 0 Å². The number of allylic oxidation sites excluding steroid dienone is 1. The van der Waals surface area contributed by atoms with Gasteiger partial charge in [0, 0.05) is 29.7 Å². The topological polar surface area (TPSA) is 77.8 Å². The van der Waals surface area contributed by atoms with Crippen molar-refractivity contribution in [2.45, 2.75) is 26.7 Å². The zero-order chi connectivity index (χ0) is 17.0. The molecule has 1 aliphatic heterocycles. The molecule has 2 atom stereocenters. The smallest absolute Gasteiger partial charge is 0.336 e. The molecule has 0 fully saturated rings. The second kappa shape index (κ2) is 7.17. The first-order valence-corrected chi connectivity index (χ1v) is 7.42. The molecule has 0 aromatic carbocycles. The molecule has 1 aromatic heterocycles. The molecule has 0 radical (unpaired) electrons. The highest BCUT2D eigenvalue weighted by Crippen LogP contribution is 2.39. The summed E-state index contributed by atoms with van der Waals surface area (Å²) < 4.78 is 10.1. The summed E-state index contributed by atoms with van der Waals surface area (Å²) in [6.07, 6.45) is 3.28. The standard InChI is InChI=1S/C17H20N2O4/c1-5-23-17(21)14-11(3)19-10(2)13(16(20)22-4)15(14)12-7-6-8-18-9-12/h6-9,13,15H,5H2,1-4H3. The van der Waals surface area contributed by atoms with Crippen LogP contribution in [0.15, 0.2) is 40.8 Å². The summed E-state index contributed by atoms with van der Waals surface area (Å²) in [4.78, 5) is 33.2. The summed E-state index contributed by atoms with van der Waals surface area (Å²) in [5, 5.41) is 0. The van der Waals surface area contributed by atoms with E-state index < -0.39 is 23.8 Å². The molecule has 0 spiro atoms. The average molecular weight is 316 g/mol. The molecule has 2 unspecified atom stereocenters. The van der Waals surface area contributed by atoms with Crippen molar-refractivity contribution in [3.63, 3.8) is 0 Å². The van der Waals surface area contributed by atoms with Gasteiger partial charge in [0.2, 0.25) is 0 Å². The lowest BCUT2D eigenvalue weighted by Crippen LogP contribution is -2.36. The fourth-order valence-electron chi connectivity index (χ4n) is 2.86. The van der Waals surface area contributed by atoms with Crippen molar-refractivity contribution in [1.29, 1.82) is 0 Å². The Bertz CT molecular complexity index is 664. The first kappa shape index (κ1) is 16.9. The maximum Gasteiger partial charge on any atom is 0.336 e. The van der Waals surface area contributed by atoms with Crippen LogP contribution in [0.25, 0.3) is 0 Å². The quantitative estimate of drug-likeness (QED) is 0.796. The molecule has 0 aliphatic carbocycles. The van der Waals surface area contributed by atoms with E-state index in [1.165, 1.54) is 7.11 Å². The van der Waals surface area contributed by atoms with Crippen LogP contribution in [0.3, 0.4) is 0 Å². The molecule has 0 amide bonds. The lowest BCUT2D eigenvalue weighted by atomic mass is 9.76. The van der Waals surface area contributed by atoms with E-state index in [1.54, 1.807) is 39.2 Å². The minimum Gasteiger partial charge on any atom is -0.468 e. The Kier molecular flexibility index (Phi) is 5.26. The zero-order valence-corrected chi connectivity index (χ0v) is 13.7. The number of carbonyl (C=O) groups excluding carboxylic acids is 2. The highest BCUT2D eigenvalue weighted by atomic mass is 16.5. The molecule has 122 valence electrons. The van der Waals surface area contributed by atoms with Gasteiger partial charge in [0.1, 0.15) is 5.92 Å². The Morgan fingerprint density at radius 2 is 2.04 bits per heavy atom. The average Bonchev–Trinajstić information content (AvgIpc) is 2.54. The van der Waals surface area contributed by atoms with Crippen molar-refractivity contribution in [1.82, 2.24) is 4.98 Å². The van der Waals surface area contributed by atoms with Crippen LogP contribution in [-0.4, -0.2) is 36.4 Å². The molecule has 1 aliphatic rings. The lowest BCUT2D eigenvalue weighted by Gasteiger charge is -2.30. The molecule has 1 aromatic rings. The predicted molar refractivity (Wildman–Crippen MR) is 84.9 cm³/mol. The van der Waals surface area contributed by atoms with Crippen LogP contribution in [0.2, 0.25) is 0 Å². The predicted octanol–water partition coefficient (Wildman–Crippen LogP) is 2.27. The van der Waals surface area contributed by atoms with Gasteiger partial charge in [0.05, 0.1) is 19.3 Å². The van der Waals surface area contributed by atoms with Gasteiger partial charge in [-0.3, -0.25) is 14.8 Å². The highest BCUT2D eigenvalue weighted by molar-refractivity contribution is 6.06. The fraction of sp³-hybridized carbons (Fsp3) is 0.412. The molecule has 2 heterocycles. The van der Waals surface area contributed by atoms with Crippen LogP contribution >= 0.6 is 0 Å². The monoisotopic (exact) mass is 316 g/mol. The van der Waals surface area contributed by atoms with Gasteiger partial charge in [-0.05, 0) is 32.4 Å². The van der Waals surface area contributed by atoms with E-state index in [0.717, 1.165) is 5.56 Å². The molecule has 23 heavy (non-hydrogen) atoms. The number of hydrogen-bond donors (Lipinski definition) is 0. The molecular formula is C17H20N2O4. The van der Waals surface area contributed by atoms with Gasteiger partial charge in [0.25, 0.3) is 0 Å². The molecule has 0 bridgehead atoms. The van der Waals surface area contributed by atoms with Gasteiger partial charge in [-0.25, -0.2) is 4.79 Å². The fourth-order valence-corrected chi connectivity index (χ4v) is 2.86. The molecule has 0 saturated carbocycles. The van der Waals surface area contributed by atoms with Crippen LogP contribution in [0.1, 0.15) is 32.3 Å². The minimum absolute atomic E-state index is 0.251. The normalized spacial score (nSPS) is 20.8.